The number of carbonyl (C=O) groups is 3. The van der Waals surface area contributed by atoms with Crippen molar-refractivity contribution in [1.82, 2.24) is 14.8 Å². The Hall–Kier alpha value is -2.44. The third-order valence-electron chi connectivity index (χ3n) is 4.59. The van der Waals surface area contributed by atoms with Crippen LogP contribution < -0.4 is 0 Å². The lowest BCUT2D eigenvalue weighted by atomic mass is 10.1. The van der Waals surface area contributed by atoms with Crippen LogP contribution in [0.2, 0.25) is 0 Å². The molecule has 0 aromatic carbocycles. The number of pyridine rings is 1. The number of carbonyl (C=O) groups excluding carboxylic acids is 2. The van der Waals surface area contributed by atoms with E-state index in [0.717, 1.165) is 12.1 Å². The number of hydrogen-bond donors (Lipinski definition) is 1. The molecule has 7 nitrogen and oxygen atoms in total. The predicted octanol–water partition coefficient (Wildman–Crippen LogP) is 1.63. The van der Waals surface area contributed by atoms with Crippen LogP contribution in [-0.4, -0.2) is 63.4 Å². The van der Waals surface area contributed by atoms with Crippen LogP contribution in [0, 0.1) is 13.8 Å². The van der Waals surface area contributed by atoms with Gasteiger partial charge in [-0.1, -0.05) is 0 Å². The highest BCUT2D eigenvalue weighted by atomic mass is 16.4. The van der Waals surface area contributed by atoms with E-state index in [1.165, 1.54) is 11.8 Å². The maximum Gasteiger partial charge on any atom is 0.323 e. The number of hydrogen-bond acceptors (Lipinski definition) is 4. The Labute approximate surface area is 147 Å². The van der Waals surface area contributed by atoms with Gasteiger partial charge in [0.2, 0.25) is 5.91 Å². The van der Waals surface area contributed by atoms with Crippen molar-refractivity contribution >= 4 is 17.8 Å². The van der Waals surface area contributed by atoms with Crippen molar-refractivity contribution < 1.29 is 19.5 Å². The van der Waals surface area contributed by atoms with Crippen LogP contribution in [0.5, 0.6) is 0 Å². The molecule has 1 aromatic rings. The lowest BCUT2D eigenvalue weighted by molar-refractivity contribution is -0.145. The summed E-state index contributed by atoms with van der Waals surface area (Å²) < 4.78 is 0. The molecule has 1 aliphatic heterocycles. The van der Waals surface area contributed by atoms with Gasteiger partial charge in [-0.3, -0.25) is 19.4 Å². The largest absolute Gasteiger partial charge is 0.480 e. The van der Waals surface area contributed by atoms with Crippen molar-refractivity contribution in [2.24, 2.45) is 0 Å². The van der Waals surface area contributed by atoms with Crippen molar-refractivity contribution in [3.05, 3.63) is 29.1 Å². The molecule has 25 heavy (non-hydrogen) atoms. The minimum Gasteiger partial charge on any atom is -0.480 e. The SMILES string of the molecule is CC(=O)N(CC(=O)O)C1CCCN(C(=O)c2ccc(C)nc2C)CC1. The Morgan fingerprint density at radius 2 is 1.96 bits per heavy atom. The van der Waals surface area contributed by atoms with Crippen LogP contribution in [-0.2, 0) is 9.59 Å². The molecule has 136 valence electrons. The predicted molar refractivity (Wildman–Crippen MR) is 92.3 cm³/mol. The van der Waals surface area contributed by atoms with Crippen molar-refractivity contribution in [3.8, 4) is 0 Å². The van der Waals surface area contributed by atoms with Crippen LogP contribution in [0.3, 0.4) is 0 Å². The molecule has 0 radical (unpaired) electrons. The molecule has 0 bridgehead atoms. The van der Waals surface area contributed by atoms with Crippen molar-refractivity contribution in [2.45, 2.75) is 46.1 Å². The maximum atomic E-state index is 12.8. The van der Waals surface area contributed by atoms with E-state index in [1.807, 2.05) is 19.9 Å². The zero-order valence-corrected chi connectivity index (χ0v) is 15.0. The first-order valence-corrected chi connectivity index (χ1v) is 8.52. The maximum absolute atomic E-state index is 12.8. The number of carboxylic acid groups (broad SMARTS) is 1. The average Bonchev–Trinajstić information content (AvgIpc) is 2.77. The molecule has 7 heteroatoms. The third-order valence-corrected chi connectivity index (χ3v) is 4.59. The molecule has 2 heterocycles. The zero-order chi connectivity index (χ0) is 18.6. The Morgan fingerprint density at radius 3 is 2.56 bits per heavy atom. The van der Waals surface area contributed by atoms with Gasteiger partial charge in [0.05, 0.1) is 11.3 Å². The van der Waals surface area contributed by atoms with Gasteiger partial charge in [-0.25, -0.2) is 0 Å². The Kier molecular flexibility index (Phi) is 6.12. The van der Waals surface area contributed by atoms with Gasteiger partial charge in [0.15, 0.2) is 0 Å². The van der Waals surface area contributed by atoms with Crippen LogP contribution >= 0.6 is 0 Å². The van der Waals surface area contributed by atoms with Gasteiger partial charge in [0.25, 0.3) is 5.91 Å². The molecule has 2 rings (SSSR count). The van der Waals surface area contributed by atoms with Gasteiger partial charge in [0.1, 0.15) is 6.54 Å². The van der Waals surface area contributed by atoms with Gasteiger partial charge < -0.3 is 14.9 Å². The molecular formula is C18H25N3O4. The number of aliphatic carboxylic acids is 1. The lowest BCUT2D eigenvalue weighted by Gasteiger charge is -2.29. The van der Waals surface area contributed by atoms with Gasteiger partial charge in [-0.05, 0) is 45.2 Å². The topological polar surface area (TPSA) is 90.8 Å². The summed E-state index contributed by atoms with van der Waals surface area (Å²) in [7, 11) is 0. The lowest BCUT2D eigenvalue weighted by Crippen LogP contribution is -2.43. The van der Waals surface area contributed by atoms with Crippen LogP contribution in [0.15, 0.2) is 12.1 Å². The minimum atomic E-state index is -1.02. The fraction of sp³-hybridized carbons (Fsp3) is 0.556. The van der Waals surface area contributed by atoms with E-state index in [9.17, 15) is 14.4 Å². The first-order valence-electron chi connectivity index (χ1n) is 8.52. The van der Waals surface area contributed by atoms with Crippen molar-refractivity contribution in [2.75, 3.05) is 19.6 Å². The molecule has 1 aliphatic rings. The normalized spacial score (nSPS) is 17.7. The molecule has 2 amide bonds. The standard InChI is InChI=1S/C18H25N3O4/c1-12-6-7-16(13(2)19-12)18(25)20-9-4-5-15(8-10-20)21(14(3)22)11-17(23)24/h6-7,15H,4-5,8-11H2,1-3H3,(H,23,24). The highest BCUT2D eigenvalue weighted by Gasteiger charge is 2.28. The fourth-order valence-corrected chi connectivity index (χ4v) is 3.32. The highest BCUT2D eigenvalue weighted by Crippen LogP contribution is 2.19. The quantitative estimate of drug-likeness (QED) is 0.894. The third kappa shape index (κ3) is 4.78. The number of aryl methyl sites for hydroxylation is 2. The van der Waals surface area contributed by atoms with Gasteiger partial charge in [0, 0.05) is 31.7 Å². The van der Waals surface area contributed by atoms with E-state index in [4.69, 9.17) is 5.11 Å². The molecule has 1 fully saturated rings. The van der Waals surface area contributed by atoms with Crippen LogP contribution in [0.25, 0.3) is 0 Å². The molecule has 0 spiro atoms. The monoisotopic (exact) mass is 347 g/mol. The molecule has 1 atom stereocenters. The molecule has 1 aromatic heterocycles. The second-order valence-electron chi connectivity index (χ2n) is 6.50. The Morgan fingerprint density at radius 1 is 1.24 bits per heavy atom. The second-order valence-corrected chi connectivity index (χ2v) is 6.50. The number of nitrogens with zero attached hydrogens (tertiary/aromatic N) is 3. The molecule has 0 saturated carbocycles. The van der Waals surface area contributed by atoms with E-state index in [1.54, 1.807) is 11.0 Å². The van der Waals surface area contributed by atoms with E-state index in [0.29, 0.717) is 37.2 Å². The molecule has 1 saturated heterocycles. The summed E-state index contributed by atoms with van der Waals surface area (Å²) in [5, 5.41) is 9.01. The molecular weight excluding hydrogens is 322 g/mol. The first-order chi connectivity index (χ1) is 11.8. The van der Waals surface area contributed by atoms with E-state index >= 15 is 0 Å². The van der Waals surface area contributed by atoms with Crippen LogP contribution in [0.1, 0.15) is 47.9 Å². The van der Waals surface area contributed by atoms with E-state index < -0.39 is 5.97 Å². The summed E-state index contributed by atoms with van der Waals surface area (Å²) in [5.74, 6) is -1.32. The molecule has 1 unspecified atom stereocenters. The number of carboxylic acids is 1. The van der Waals surface area contributed by atoms with E-state index in [2.05, 4.69) is 4.98 Å². The Balaban J connectivity index is 2.08. The minimum absolute atomic E-state index is 0.0572. The number of amides is 2. The molecule has 1 N–H and O–H groups in total. The van der Waals surface area contributed by atoms with Gasteiger partial charge in [-0.2, -0.15) is 0 Å². The summed E-state index contributed by atoms with van der Waals surface area (Å²) in [4.78, 5) is 43.1. The van der Waals surface area contributed by atoms with Crippen molar-refractivity contribution in [1.29, 1.82) is 0 Å². The van der Waals surface area contributed by atoms with Gasteiger partial charge >= 0.3 is 5.97 Å². The summed E-state index contributed by atoms with van der Waals surface area (Å²) in [5.41, 5.74) is 2.18. The Bertz CT molecular complexity index is 674. The average molecular weight is 347 g/mol. The smallest absolute Gasteiger partial charge is 0.323 e. The first kappa shape index (κ1) is 18.9. The number of rotatable bonds is 4. The number of aromatic nitrogens is 1. The van der Waals surface area contributed by atoms with Gasteiger partial charge in [-0.15, -0.1) is 0 Å². The number of likely N-dealkylation sites (tertiary alicyclic amines) is 1. The van der Waals surface area contributed by atoms with Crippen molar-refractivity contribution in [3.63, 3.8) is 0 Å². The summed E-state index contributed by atoms with van der Waals surface area (Å²) in [6.07, 6.45) is 2.01. The summed E-state index contributed by atoms with van der Waals surface area (Å²) in [6, 6.07) is 3.48. The summed E-state index contributed by atoms with van der Waals surface area (Å²) >= 11 is 0. The van der Waals surface area contributed by atoms with Crippen LogP contribution in [0.4, 0.5) is 0 Å². The second kappa shape index (κ2) is 8.09. The summed E-state index contributed by atoms with van der Waals surface area (Å²) in [6.45, 7) is 5.90. The fourth-order valence-electron chi connectivity index (χ4n) is 3.32. The van der Waals surface area contributed by atoms with E-state index in [-0.39, 0.29) is 24.4 Å². The molecule has 0 aliphatic carbocycles. The zero-order valence-electron chi connectivity index (χ0n) is 15.0. The highest BCUT2D eigenvalue weighted by molar-refractivity contribution is 5.95.